The van der Waals surface area contributed by atoms with Gasteiger partial charge < -0.3 is 10.6 Å². The van der Waals surface area contributed by atoms with E-state index >= 15 is 0 Å². The lowest BCUT2D eigenvalue weighted by Crippen LogP contribution is -2.09. The van der Waals surface area contributed by atoms with Crippen LogP contribution in [0.4, 0.5) is 11.8 Å². The molecule has 0 aliphatic heterocycles. The van der Waals surface area contributed by atoms with E-state index in [1.807, 2.05) is 12.1 Å². The second kappa shape index (κ2) is 5.69. The number of aromatic nitrogens is 4. The van der Waals surface area contributed by atoms with Crippen molar-refractivity contribution in [3.05, 3.63) is 40.5 Å². The largest absolute Gasteiger partial charge is 0.363 e. The van der Waals surface area contributed by atoms with Crippen molar-refractivity contribution in [2.24, 2.45) is 0 Å². The number of aromatic amines is 1. The van der Waals surface area contributed by atoms with E-state index in [2.05, 4.69) is 65.8 Å². The highest BCUT2D eigenvalue weighted by Gasteiger charge is 2.12. The van der Waals surface area contributed by atoms with Crippen LogP contribution in [-0.4, -0.2) is 27.2 Å². The number of anilines is 2. The Morgan fingerprint density at radius 2 is 2.14 bits per heavy atom. The van der Waals surface area contributed by atoms with E-state index in [1.54, 1.807) is 13.2 Å². The van der Waals surface area contributed by atoms with Crippen molar-refractivity contribution >= 4 is 38.7 Å². The molecule has 3 aromatic rings. The molecule has 1 aromatic carbocycles. The molecule has 0 fully saturated rings. The van der Waals surface area contributed by atoms with Crippen LogP contribution in [-0.2, 0) is 0 Å². The Hall–Kier alpha value is -2.15. The van der Waals surface area contributed by atoms with E-state index in [0.717, 1.165) is 15.7 Å². The number of H-pyrrole nitrogens is 1. The van der Waals surface area contributed by atoms with Crippen molar-refractivity contribution in [1.29, 1.82) is 0 Å². The average Bonchev–Trinajstić information content (AvgIpc) is 2.95. The van der Waals surface area contributed by atoms with Crippen LogP contribution in [0.3, 0.4) is 0 Å². The second-order valence-corrected chi connectivity index (χ2v) is 5.61. The molecule has 3 rings (SSSR count). The molecule has 2 heterocycles. The molecule has 0 spiro atoms. The predicted molar refractivity (Wildman–Crippen MR) is 87.4 cm³/mol. The van der Waals surface area contributed by atoms with Crippen molar-refractivity contribution in [3.8, 4) is 0 Å². The lowest BCUT2D eigenvalue weighted by molar-refractivity contribution is 0.875. The van der Waals surface area contributed by atoms with E-state index in [9.17, 15) is 0 Å². The highest BCUT2D eigenvalue weighted by molar-refractivity contribution is 9.10. The van der Waals surface area contributed by atoms with E-state index in [4.69, 9.17) is 0 Å². The molecule has 0 saturated heterocycles. The number of rotatable bonds is 4. The predicted octanol–water partition coefficient (Wildman–Crippen LogP) is 3.33. The van der Waals surface area contributed by atoms with Crippen molar-refractivity contribution < 1.29 is 0 Å². The quantitative estimate of drug-likeness (QED) is 0.675. The highest BCUT2D eigenvalue weighted by atomic mass is 79.9. The standard InChI is InChI=1S/C14H15BrN6/c1-8(9-4-3-5-10(15)6-9)18-12-11-7-17-21-13(11)20-14(16-2)19-12/h3-8H,1-2H3,(H3,16,17,18,19,20,21). The van der Waals surface area contributed by atoms with Crippen LogP contribution in [0.1, 0.15) is 18.5 Å². The molecule has 0 aliphatic rings. The Labute approximate surface area is 130 Å². The normalized spacial score (nSPS) is 12.3. The van der Waals surface area contributed by atoms with E-state index in [-0.39, 0.29) is 6.04 Å². The maximum absolute atomic E-state index is 4.47. The van der Waals surface area contributed by atoms with Crippen molar-refractivity contribution in [2.45, 2.75) is 13.0 Å². The summed E-state index contributed by atoms with van der Waals surface area (Å²) >= 11 is 3.49. The molecule has 6 nitrogen and oxygen atoms in total. The third-order valence-electron chi connectivity index (χ3n) is 3.24. The van der Waals surface area contributed by atoms with Crippen molar-refractivity contribution in [3.63, 3.8) is 0 Å². The van der Waals surface area contributed by atoms with Gasteiger partial charge in [0.25, 0.3) is 0 Å². The Balaban J connectivity index is 1.95. The Kier molecular flexibility index (Phi) is 3.74. The second-order valence-electron chi connectivity index (χ2n) is 4.70. The van der Waals surface area contributed by atoms with Gasteiger partial charge in [0.15, 0.2) is 5.65 Å². The summed E-state index contributed by atoms with van der Waals surface area (Å²) in [6, 6.07) is 8.30. The molecule has 0 saturated carbocycles. The van der Waals surface area contributed by atoms with Crippen LogP contribution in [0.5, 0.6) is 0 Å². The van der Waals surface area contributed by atoms with Crippen LogP contribution in [0, 0.1) is 0 Å². The van der Waals surface area contributed by atoms with Crippen LogP contribution in [0.25, 0.3) is 11.0 Å². The van der Waals surface area contributed by atoms with Crippen LogP contribution >= 0.6 is 15.9 Å². The van der Waals surface area contributed by atoms with Gasteiger partial charge in [-0.25, -0.2) is 0 Å². The highest BCUT2D eigenvalue weighted by Crippen LogP contribution is 2.25. The van der Waals surface area contributed by atoms with Crippen LogP contribution in [0.15, 0.2) is 34.9 Å². The molecule has 2 aromatic heterocycles. The molecule has 1 unspecified atom stereocenters. The van der Waals surface area contributed by atoms with Gasteiger partial charge >= 0.3 is 0 Å². The van der Waals surface area contributed by atoms with E-state index in [1.165, 1.54) is 5.56 Å². The van der Waals surface area contributed by atoms with Gasteiger partial charge in [0, 0.05) is 11.5 Å². The van der Waals surface area contributed by atoms with Crippen molar-refractivity contribution in [2.75, 3.05) is 17.7 Å². The maximum atomic E-state index is 4.47. The summed E-state index contributed by atoms with van der Waals surface area (Å²) in [5, 5.41) is 14.1. The van der Waals surface area contributed by atoms with Crippen LogP contribution < -0.4 is 10.6 Å². The first-order valence-electron chi connectivity index (χ1n) is 6.58. The molecule has 21 heavy (non-hydrogen) atoms. The summed E-state index contributed by atoms with van der Waals surface area (Å²) < 4.78 is 1.06. The van der Waals surface area contributed by atoms with Gasteiger partial charge in [-0.2, -0.15) is 15.1 Å². The van der Waals surface area contributed by atoms with Gasteiger partial charge in [-0.15, -0.1) is 0 Å². The fourth-order valence-corrected chi connectivity index (χ4v) is 2.54. The minimum absolute atomic E-state index is 0.111. The number of nitrogens with one attached hydrogen (secondary N) is 3. The molecular formula is C14H15BrN6. The molecule has 0 radical (unpaired) electrons. The molecule has 0 amide bonds. The van der Waals surface area contributed by atoms with Gasteiger partial charge in [-0.05, 0) is 24.6 Å². The summed E-state index contributed by atoms with van der Waals surface area (Å²) in [4.78, 5) is 8.80. The van der Waals surface area contributed by atoms with E-state index < -0.39 is 0 Å². The number of fused-ring (bicyclic) bond motifs is 1. The van der Waals surface area contributed by atoms with E-state index in [0.29, 0.717) is 11.6 Å². The Bertz CT molecular complexity index is 769. The third kappa shape index (κ3) is 2.82. The smallest absolute Gasteiger partial charge is 0.226 e. The van der Waals surface area contributed by atoms with Gasteiger partial charge in [-0.1, -0.05) is 28.1 Å². The number of hydrogen-bond donors (Lipinski definition) is 3. The van der Waals surface area contributed by atoms with Gasteiger partial charge in [-0.3, -0.25) is 5.10 Å². The lowest BCUT2D eigenvalue weighted by Gasteiger charge is -2.16. The summed E-state index contributed by atoms with van der Waals surface area (Å²) in [6.07, 6.45) is 1.73. The third-order valence-corrected chi connectivity index (χ3v) is 3.73. The molecule has 1 atom stereocenters. The molecule has 7 heteroatoms. The fraction of sp³-hybridized carbons (Fsp3) is 0.214. The number of halogens is 1. The summed E-state index contributed by atoms with van der Waals surface area (Å²) in [5.74, 6) is 1.31. The topological polar surface area (TPSA) is 78.5 Å². The zero-order chi connectivity index (χ0) is 14.8. The fourth-order valence-electron chi connectivity index (χ4n) is 2.12. The van der Waals surface area contributed by atoms with Crippen LogP contribution in [0.2, 0.25) is 0 Å². The van der Waals surface area contributed by atoms with Gasteiger partial charge in [0.1, 0.15) is 5.82 Å². The average molecular weight is 347 g/mol. The van der Waals surface area contributed by atoms with Gasteiger partial charge in [0.05, 0.1) is 17.6 Å². The number of hydrogen-bond acceptors (Lipinski definition) is 5. The SMILES string of the molecule is CNc1nc(NC(C)c2cccc(Br)c2)c2cn[nH]c2n1. The monoisotopic (exact) mass is 346 g/mol. The summed E-state index contributed by atoms with van der Waals surface area (Å²) in [6.45, 7) is 2.09. The zero-order valence-corrected chi connectivity index (χ0v) is 13.3. The summed E-state index contributed by atoms with van der Waals surface area (Å²) in [7, 11) is 1.79. The number of benzene rings is 1. The first-order valence-corrected chi connectivity index (χ1v) is 7.37. The zero-order valence-electron chi connectivity index (χ0n) is 11.7. The summed E-state index contributed by atoms with van der Waals surface area (Å²) in [5.41, 5.74) is 1.88. The first-order chi connectivity index (χ1) is 10.2. The minimum Gasteiger partial charge on any atom is -0.363 e. The molecule has 0 aliphatic carbocycles. The van der Waals surface area contributed by atoms with Crippen molar-refractivity contribution in [1.82, 2.24) is 20.2 Å². The molecule has 3 N–H and O–H groups in total. The minimum atomic E-state index is 0.111. The Morgan fingerprint density at radius 3 is 2.90 bits per heavy atom. The molecule has 0 bridgehead atoms. The lowest BCUT2D eigenvalue weighted by atomic mass is 10.1. The Morgan fingerprint density at radius 1 is 1.29 bits per heavy atom. The maximum Gasteiger partial charge on any atom is 0.226 e. The number of nitrogens with zero attached hydrogens (tertiary/aromatic N) is 3. The molecular weight excluding hydrogens is 332 g/mol. The first kappa shape index (κ1) is 13.8. The molecule has 108 valence electrons. The van der Waals surface area contributed by atoms with Gasteiger partial charge in [0.2, 0.25) is 5.95 Å².